The van der Waals surface area contributed by atoms with Crippen molar-refractivity contribution < 1.29 is 0 Å². The van der Waals surface area contributed by atoms with E-state index < -0.39 is 0 Å². The standard InChI is InChI=1S/C8H10BN3/c9-5-10-8-6-3-1-2-4-7(6)11-12-8/h1-4H,5,9H2,(H2,10,11,12). The van der Waals surface area contributed by atoms with E-state index in [-0.39, 0.29) is 0 Å². The van der Waals surface area contributed by atoms with Gasteiger partial charge in [0.2, 0.25) is 0 Å². The number of aromatic nitrogens is 2. The number of nitrogens with zero attached hydrogens (tertiary/aromatic N) is 1. The third-order valence-corrected chi connectivity index (χ3v) is 1.81. The molecule has 0 amide bonds. The maximum Gasteiger partial charge on any atom is 0.155 e. The molecule has 12 heavy (non-hydrogen) atoms. The Morgan fingerprint density at radius 1 is 1.42 bits per heavy atom. The molecule has 0 saturated carbocycles. The Morgan fingerprint density at radius 2 is 2.25 bits per heavy atom. The fourth-order valence-electron chi connectivity index (χ4n) is 1.27. The monoisotopic (exact) mass is 159 g/mol. The molecule has 0 aliphatic carbocycles. The van der Waals surface area contributed by atoms with Crippen LogP contribution in [0.15, 0.2) is 24.3 Å². The summed E-state index contributed by atoms with van der Waals surface area (Å²) in [6.45, 7) is 0. The van der Waals surface area contributed by atoms with Crippen LogP contribution in [0.5, 0.6) is 0 Å². The molecule has 0 unspecified atom stereocenters. The first kappa shape index (κ1) is 7.22. The zero-order chi connectivity index (χ0) is 8.39. The molecule has 0 radical (unpaired) electrons. The first-order chi connectivity index (χ1) is 5.92. The molecule has 0 aliphatic rings. The smallest absolute Gasteiger partial charge is 0.155 e. The lowest BCUT2D eigenvalue weighted by Gasteiger charge is -1.96. The molecular weight excluding hydrogens is 149 g/mol. The van der Waals surface area contributed by atoms with E-state index >= 15 is 0 Å². The number of fused-ring (bicyclic) bond motifs is 1. The van der Waals surface area contributed by atoms with Gasteiger partial charge in [-0.25, -0.2) is 0 Å². The minimum absolute atomic E-state index is 0.898. The average molecular weight is 159 g/mol. The predicted molar refractivity (Wildman–Crippen MR) is 53.1 cm³/mol. The maximum atomic E-state index is 4.15. The number of para-hydroxylation sites is 1. The first-order valence-electron chi connectivity index (χ1n) is 4.09. The molecule has 1 aromatic carbocycles. The topological polar surface area (TPSA) is 40.7 Å². The van der Waals surface area contributed by atoms with Crippen LogP contribution in [-0.4, -0.2) is 24.5 Å². The van der Waals surface area contributed by atoms with E-state index in [9.17, 15) is 0 Å². The molecular formula is C8H10BN3. The van der Waals surface area contributed by atoms with Crippen molar-refractivity contribution in [2.24, 2.45) is 0 Å². The summed E-state index contributed by atoms with van der Waals surface area (Å²) < 4.78 is 0. The molecule has 2 rings (SSSR count). The van der Waals surface area contributed by atoms with Crippen LogP contribution in [0.4, 0.5) is 5.82 Å². The van der Waals surface area contributed by atoms with Gasteiger partial charge in [0.1, 0.15) is 7.85 Å². The summed E-state index contributed by atoms with van der Waals surface area (Å²) in [7, 11) is 2.06. The fraction of sp³-hybridized carbons (Fsp3) is 0.125. The molecule has 0 fully saturated rings. The van der Waals surface area contributed by atoms with Gasteiger partial charge >= 0.3 is 0 Å². The number of hydrogen-bond donors (Lipinski definition) is 2. The Bertz CT molecular complexity index is 382. The van der Waals surface area contributed by atoms with Gasteiger partial charge in [0.05, 0.1) is 5.52 Å². The Kier molecular flexibility index (Phi) is 1.74. The van der Waals surface area contributed by atoms with E-state index in [4.69, 9.17) is 0 Å². The number of aromatic amines is 1. The molecule has 2 N–H and O–H groups in total. The van der Waals surface area contributed by atoms with Crippen molar-refractivity contribution in [3.05, 3.63) is 24.3 Å². The van der Waals surface area contributed by atoms with Crippen LogP contribution in [0.25, 0.3) is 10.9 Å². The number of rotatable bonds is 2. The first-order valence-corrected chi connectivity index (χ1v) is 4.09. The van der Waals surface area contributed by atoms with E-state index in [0.717, 1.165) is 23.2 Å². The number of hydrogen-bond acceptors (Lipinski definition) is 2. The molecule has 60 valence electrons. The molecule has 2 aromatic rings. The van der Waals surface area contributed by atoms with Gasteiger partial charge < -0.3 is 5.32 Å². The largest absolute Gasteiger partial charge is 0.376 e. The highest BCUT2D eigenvalue weighted by Gasteiger charge is 2.01. The average Bonchev–Trinajstić information content (AvgIpc) is 2.50. The van der Waals surface area contributed by atoms with Gasteiger partial charge in [0.15, 0.2) is 5.82 Å². The lowest BCUT2D eigenvalue weighted by Crippen LogP contribution is -2.00. The molecule has 0 aliphatic heterocycles. The van der Waals surface area contributed by atoms with Crippen molar-refractivity contribution >= 4 is 24.6 Å². The minimum atomic E-state index is 0.898. The quantitative estimate of drug-likeness (QED) is 0.628. The number of anilines is 1. The highest BCUT2D eigenvalue weighted by molar-refractivity contribution is 6.10. The molecule has 3 nitrogen and oxygen atoms in total. The van der Waals surface area contributed by atoms with Crippen molar-refractivity contribution in [2.75, 3.05) is 11.8 Å². The Labute approximate surface area is 71.6 Å². The number of benzene rings is 1. The van der Waals surface area contributed by atoms with Crippen LogP contribution in [0, 0.1) is 0 Å². The maximum absolute atomic E-state index is 4.15. The molecule has 0 atom stereocenters. The van der Waals surface area contributed by atoms with Crippen LogP contribution in [-0.2, 0) is 0 Å². The van der Waals surface area contributed by atoms with Gasteiger partial charge in [-0.3, -0.25) is 5.10 Å². The van der Waals surface area contributed by atoms with E-state index in [1.165, 1.54) is 0 Å². The van der Waals surface area contributed by atoms with Gasteiger partial charge in [0, 0.05) is 5.39 Å². The van der Waals surface area contributed by atoms with Crippen LogP contribution >= 0.6 is 0 Å². The molecule has 4 heteroatoms. The summed E-state index contributed by atoms with van der Waals surface area (Å²) in [5.41, 5.74) is 1.08. The molecule has 0 bridgehead atoms. The summed E-state index contributed by atoms with van der Waals surface area (Å²) in [5, 5.41) is 11.4. The van der Waals surface area contributed by atoms with Crippen LogP contribution < -0.4 is 5.32 Å². The second-order valence-electron chi connectivity index (χ2n) is 2.65. The van der Waals surface area contributed by atoms with Gasteiger partial charge in [-0.05, 0) is 18.6 Å². The minimum Gasteiger partial charge on any atom is -0.376 e. The van der Waals surface area contributed by atoms with E-state index in [0.29, 0.717) is 0 Å². The van der Waals surface area contributed by atoms with E-state index in [1.54, 1.807) is 0 Å². The lowest BCUT2D eigenvalue weighted by molar-refractivity contribution is 1.11. The van der Waals surface area contributed by atoms with Gasteiger partial charge in [-0.1, -0.05) is 12.1 Å². The van der Waals surface area contributed by atoms with Crippen molar-refractivity contribution in [2.45, 2.75) is 0 Å². The number of H-pyrrole nitrogens is 1. The lowest BCUT2D eigenvalue weighted by atomic mass is 10.1. The van der Waals surface area contributed by atoms with E-state index in [2.05, 4.69) is 29.4 Å². The summed E-state index contributed by atoms with van der Waals surface area (Å²) in [4.78, 5) is 0. The van der Waals surface area contributed by atoms with Crippen molar-refractivity contribution in [1.82, 2.24) is 10.2 Å². The van der Waals surface area contributed by atoms with Crippen LogP contribution in [0.1, 0.15) is 0 Å². The third kappa shape index (κ3) is 1.05. The fourth-order valence-corrected chi connectivity index (χ4v) is 1.27. The highest BCUT2D eigenvalue weighted by Crippen LogP contribution is 2.18. The summed E-state index contributed by atoms with van der Waals surface area (Å²) in [5.74, 6) is 0.938. The second kappa shape index (κ2) is 2.89. The van der Waals surface area contributed by atoms with E-state index in [1.807, 2.05) is 18.2 Å². The summed E-state index contributed by atoms with van der Waals surface area (Å²) >= 11 is 0. The predicted octanol–water partition coefficient (Wildman–Crippen LogP) is 0.565. The molecule has 1 aromatic heterocycles. The summed E-state index contributed by atoms with van der Waals surface area (Å²) in [6, 6.07) is 8.08. The van der Waals surface area contributed by atoms with Crippen molar-refractivity contribution in [1.29, 1.82) is 0 Å². The number of nitrogens with one attached hydrogen (secondary N) is 2. The van der Waals surface area contributed by atoms with Crippen LogP contribution in [0.3, 0.4) is 0 Å². The Balaban J connectivity index is 2.55. The second-order valence-corrected chi connectivity index (χ2v) is 2.65. The zero-order valence-corrected chi connectivity index (χ0v) is 6.96. The molecule has 0 saturated heterocycles. The van der Waals surface area contributed by atoms with Crippen molar-refractivity contribution in [3.63, 3.8) is 0 Å². The van der Waals surface area contributed by atoms with Gasteiger partial charge in [0.25, 0.3) is 0 Å². The molecule has 1 heterocycles. The Morgan fingerprint density at radius 3 is 3.08 bits per heavy atom. The SMILES string of the molecule is BCNc1n[nH]c2ccccc12. The third-order valence-electron chi connectivity index (χ3n) is 1.81. The zero-order valence-electron chi connectivity index (χ0n) is 6.96. The Hall–Kier alpha value is -1.45. The van der Waals surface area contributed by atoms with Gasteiger partial charge in [-0.2, -0.15) is 5.10 Å². The van der Waals surface area contributed by atoms with Crippen LogP contribution in [0.2, 0.25) is 0 Å². The van der Waals surface area contributed by atoms with Gasteiger partial charge in [-0.15, -0.1) is 0 Å². The van der Waals surface area contributed by atoms with Crippen molar-refractivity contribution in [3.8, 4) is 0 Å². The normalized spacial score (nSPS) is 10.3. The highest BCUT2D eigenvalue weighted by atomic mass is 15.2. The summed E-state index contributed by atoms with van der Waals surface area (Å²) in [6.07, 6.45) is 0.898. The molecule has 0 spiro atoms.